The SMILES string of the molecule is CC(CS(=O)(=O)Nc1ccc(F)cc1F)C(=O)Nc1ncccn1. The predicted octanol–water partition coefficient (Wildman–Crippen LogP) is 1.77. The van der Waals surface area contributed by atoms with Crippen molar-refractivity contribution in [2.45, 2.75) is 6.92 Å². The molecule has 7 nitrogen and oxygen atoms in total. The van der Waals surface area contributed by atoms with E-state index in [9.17, 15) is 22.0 Å². The van der Waals surface area contributed by atoms with Gasteiger partial charge in [0, 0.05) is 18.5 Å². The van der Waals surface area contributed by atoms with Crippen LogP contribution in [0.25, 0.3) is 0 Å². The number of nitrogens with zero attached hydrogens (tertiary/aromatic N) is 2. The fourth-order valence-electron chi connectivity index (χ4n) is 1.78. The van der Waals surface area contributed by atoms with Crippen molar-refractivity contribution >= 4 is 27.6 Å². The molecule has 10 heteroatoms. The van der Waals surface area contributed by atoms with E-state index >= 15 is 0 Å². The lowest BCUT2D eigenvalue weighted by Crippen LogP contribution is -2.30. The molecule has 2 rings (SSSR count). The van der Waals surface area contributed by atoms with Crippen LogP contribution < -0.4 is 10.0 Å². The molecule has 1 unspecified atom stereocenters. The average Bonchev–Trinajstić information content (AvgIpc) is 2.50. The molecule has 0 spiro atoms. The van der Waals surface area contributed by atoms with Crippen molar-refractivity contribution in [3.63, 3.8) is 0 Å². The van der Waals surface area contributed by atoms with E-state index in [1.807, 2.05) is 4.72 Å². The zero-order chi connectivity index (χ0) is 17.7. The quantitative estimate of drug-likeness (QED) is 0.821. The lowest BCUT2D eigenvalue weighted by Gasteiger charge is -2.13. The third-order valence-electron chi connectivity index (χ3n) is 2.91. The number of nitrogens with one attached hydrogen (secondary N) is 2. The number of sulfonamides is 1. The van der Waals surface area contributed by atoms with Gasteiger partial charge in [0.1, 0.15) is 11.6 Å². The summed E-state index contributed by atoms with van der Waals surface area (Å²) in [5.41, 5.74) is -0.393. The molecule has 0 aliphatic carbocycles. The lowest BCUT2D eigenvalue weighted by atomic mass is 10.2. The summed E-state index contributed by atoms with van der Waals surface area (Å²) >= 11 is 0. The molecule has 24 heavy (non-hydrogen) atoms. The molecule has 128 valence electrons. The van der Waals surface area contributed by atoms with Crippen LogP contribution in [0, 0.1) is 17.6 Å². The van der Waals surface area contributed by atoms with Gasteiger partial charge in [-0.2, -0.15) is 0 Å². The number of hydrogen-bond acceptors (Lipinski definition) is 5. The fourth-order valence-corrected chi connectivity index (χ4v) is 3.18. The minimum absolute atomic E-state index is 0.0456. The number of carbonyl (C=O) groups excluding carboxylic acids is 1. The van der Waals surface area contributed by atoms with Crippen LogP contribution in [0.15, 0.2) is 36.7 Å². The van der Waals surface area contributed by atoms with E-state index in [0.29, 0.717) is 6.07 Å². The van der Waals surface area contributed by atoms with E-state index in [2.05, 4.69) is 15.3 Å². The molecule has 1 heterocycles. The van der Waals surface area contributed by atoms with E-state index in [-0.39, 0.29) is 5.95 Å². The molecule has 1 atom stereocenters. The number of anilines is 2. The summed E-state index contributed by atoms with van der Waals surface area (Å²) in [7, 11) is -4.02. The zero-order valence-corrected chi connectivity index (χ0v) is 13.3. The summed E-state index contributed by atoms with van der Waals surface area (Å²) in [5.74, 6) is -3.98. The summed E-state index contributed by atoms with van der Waals surface area (Å²) in [4.78, 5) is 19.5. The van der Waals surface area contributed by atoms with Gasteiger partial charge in [-0.3, -0.25) is 14.8 Å². The van der Waals surface area contributed by atoms with Gasteiger partial charge in [0.25, 0.3) is 0 Å². The van der Waals surface area contributed by atoms with Crippen LogP contribution in [0.2, 0.25) is 0 Å². The molecule has 0 aliphatic rings. The van der Waals surface area contributed by atoms with Crippen molar-refractivity contribution < 1.29 is 22.0 Å². The highest BCUT2D eigenvalue weighted by Gasteiger charge is 2.23. The first-order valence-electron chi connectivity index (χ1n) is 6.80. The molecule has 1 aromatic heterocycles. The average molecular weight is 356 g/mol. The summed E-state index contributed by atoms with van der Waals surface area (Å²) in [5, 5.41) is 2.37. The summed E-state index contributed by atoms with van der Waals surface area (Å²) in [6, 6.07) is 4.00. The van der Waals surface area contributed by atoms with Crippen LogP contribution >= 0.6 is 0 Å². The Balaban J connectivity index is 2.01. The number of halogens is 2. The Morgan fingerprint density at radius 1 is 1.25 bits per heavy atom. The molecule has 0 bridgehead atoms. The number of carbonyl (C=O) groups is 1. The van der Waals surface area contributed by atoms with Gasteiger partial charge < -0.3 is 0 Å². The van der Waals surface area contributed by atoms with E-state index in [0.717, 1.165) is 12.1 Å². The number of aromatic nitrogens is 2. The summed E-state index contributed by atoms with van der Waals surface area (Å²) in [6.07, 6.45) is 2.84. The second-order valence-corrected chi connectivity index (χ2v) is 6.74. The van der Waals surface area contributed by atoms with Gasteiger partial charge in [-0.05, 0) is 18.2 Å². The topological polar surface area (TPSA) is 101 Å². The Morgan fingerprint density at radius 2 is 1.92 bits per heavy atom. The smallest absolute Gasteiger partial charge is 0.233 e. The maximum absolute atomic E-state index is 13.5. The van der Waals surface area contributed by atoms with Gasteiger partial charge in [0.15, 0.2) is 0 Å². The van der Waals surface area contributed by atoms with E-state index in [4.69, 9.17) is 0 Å². The minimum atomic E-state index is -4.02. The van der Waals surface area contributed by atoms with Crippen molar-refractivity contribution in [1.82, 2.24) is 9.97 Å². The van der Waals surface area contributed by atoms with Crippen LogP contribution in [-0.2, 0) is 14.8 Å². The standard InChI is InChI=1S/C14H14F2N4O3S/c1-9(13(21)19-14-17-5-2-6-18-14)8-24(22,23)20-12-4-3-10(15)7-11(12)16/h2-7,9,20H,8H2,1H3,(H,17,18,19,21). The normalized spacial score (nSPS) is 12.5. The monoisotopic (exact) mass is 356 g/mol. The van der Waals surface area contributed by atoms with Gasteiger partial charge >= 0.3 is 0 Å². The Bertz CT molecular complexity index is 831. The molecular weight excluding hydrogens is 342 g/mol. The Hall–Kier alpha value is -2.62. The second-order valence-electron chi connectivity index (χ2n) is 4.97. The molecule has 1 amide bonds. The Labute approximate surface area is 137 Å². The second kappa shape index (κ2) is 7.30. The predicted molar refractivity (Wildman–Crippen MR) is 83.6 cm³/mol. The largest absolute Gasteiger partial charge is 0.294 e. The number of hydrogen-bond donors (Lipinski definition) is 2. The van der Waals surface area contributed by atoms with E-state index in [1.54, 1.807) is 6.07 Å². The molecule has 0 saturated carbocycles. The van der Waals surface area contributed by atoms with Gasteiger partial charge in [-0.15, -0.1) is 0 Å². The van der Waals surface area contributed by atoms with Crippen LogP contribution in [0.5, 0.6) is 0 Å². The first kappa shape index (κ1) is 17.7. The van der Waals surface area contributed by atoms with Gasteiger partial charge in [-0.1, -0.05) is 6.92 Å². The summed E-state index contributed by atoms with van der Waals surface area (Å²) in [6.45, 7) is 1.39. The maximum Gasteiger partial charge on any atom is 0.233 e. The summed E-state index contributed by atoms with van der Waals surface area (Å²) < 4.78 is 52.3. The van der Waals surface area contributed by atoms with Crippen molar-refractivity contribution in [3.8, 4) is 0 Å². The van der Waals surface area contributed by atoms with Gasteiger partial charge in [0.05, 0.1) is 17.4 Å². The Morgan fingerprint density at radius 3 is 2.54 bits per heavy atom. The van der Waals surface area contributed by atoms with Gasteiger partial charge in [0.2, 0.25) is 21.9 Å². The number of benzene rings is 1. The van der Waals surface area contributed by atoms with Crippen molar-refractivity contribution in [1.29, 1.82) is 0 Å². The first-order valence-corrected chi connectivity index (χ1v) is 8.45. The number of rotatable bonds is 6. The van der Waals surface area contributed by atoms with Crippen LogP contribution in [0.1, 0.15) is 6.92 Å². The highest BCUT2D eigenvalue weighted by Crippen LogP contribution is 2.17. The third-order valence-corrected chi connectivity index (χ3v) is 4.38. The minimum Gasteiger partial charge on any atom is -0.294 e. The molecule has 2 N–H and O–H groups in total. The first-order chi connectivity index (χ1) is 11.3. The Kier molecular flexibility index (Phi) is 5.39. The fraction of sp³-hybridized carbons (Fsp3) is 0.214. The zero-order valence-electron chi connectivity index (χ0n) is 12.5. The highest BCUT2D eigenvalue weighted by molar-refractivity contribution is 7.92. The highest BCUT2D eigenvalue weighted by atomic mass is 32.2. The lowest BCUT2D eigenvalue weighted by molar-refractivity contribution is -0.118. The van der Waals surface area contributed by atoms with Gasteiger partial charge in [-0.25, -0.2) is 27.2 Å². The van der Waals surface area contributed by atoms with E-state index < -0.39 is 44.9 Å². The molecular formula is C14H14F2N4O3S. The molecule has 0 saturated heterocycles. The van der Waals surface area contributed by atoms with Crippen molar-refractivity contribution in [2.75, 3.05) is 15.8 Å². The van der Waals surface area contributed by atoms with Crippen molar-refractivity contribution in [3.05, 3.63) is 48.3 Å². The molecule has 1 aromatic carbocycles. The molecule has 0 radical (unpaired) electrons. The van der Waals surface area contributed by atoms with Crippen LogP contribution in [0.3, 0.4) is 0 Å². The molecule has 0 fully saturated rings. The maximum atomic E-state index is 13.5. The van der Waals surface area contributed by atoms with Crippen molar-refractivity contribution in [2.24, 2.45) is 5.92 Å². The third kappa shape index (κ3) is 4.95. The van der Waals surface area contributed by atoms with Crippen LogP contribution in [-0.4, -0.2) is 30.0 Å². The van der Waals surface area contributed by atoms with E-state index in [1.165, 1.54) is 19.3 Å². The van der Waals surface area contributed by atoms with Crippen LogP contribution in [0.4, 0.5) is 20.4 Å². The number of amides is 1. The molecule has 2 aromatic rings. The molecule has 0 aliphatic heterocycles.